The highest BCUT2D eigenvalue weighted by atomic mass is 16.5. The van der Waals surface area contributed by atoms with Crippen molar-refractivity contribution >= 4 is 17.3 Å². The molecular formula is C19H22N2O2. The molecule has 23 heavy (non-hydrogen) atoms. The topological polar surface area (TPSA) is 41.6 Å². The van der Waals surface area contributed by atoms with Gasteiger partial charge in [-0.05, 0) is 54.8 Å². The van der Waals surface area contributed by atoms with Crippen molar-refractivity contribution in [1.29, 1.82) is 0 Å². The van der Waals surface area contributed by atoms with Gasteiger partial charge in [-0.1, -0.05) is 12.1 Å². The van der Waals surface area contributed by atoms with Crippen molar-refractivity contribution in [3.05, 3.63) is 54.1 Å². The van der Waals surface area contributed by atoms with Crippen molar-refractivity contribution in [2.45, 2.75) is 18.3 Å². The van der Waals surface area contributed by atoms with E-state index in [9.17, 15) is 4.79 Å². The van der Waals surface area contributed by atoms with Crippen LogP contribution >= 0.6 is 0 Å². The second-order valence-electron chi connectivity index (χ2n) is 6.21. The largest absolute Gasteiger partial charge is 0.497 e. The molecule has 1 saturated carbocycles. The Morgan fingerprint density at radius 1 is 1.04 bits per heavy atom. The van der Waals surface area contributed by atoms with E-state index in [4.69, 9.17) is 4.74 Å². The lowest BCUT2D eigenvalue weighted by Gasteiger charge is -2.17. The highest BCUT2D eigenvalue weighted by Crippen LogP contribution is 2.49. The zero-order valence-corrected chi connectivity index (χ0v) is 13.8. The fourth-order valence-electron chi connectivity index (χ4n) is 2.78. The number of rotatable bonds is 5. The maximum absolute atomic E-state index is 12.7. The summed E-state index contributed by atoms with van der Waals surface area (Å²) < 4.78 is 5.18. The molecule has 0 unspecified atom stereocenters. The van der Waals surface area contributed by atoms with Crippen molar-refractivity contribution in [2.24, 2.45) is 0 Å². The SMILES string of the molecule is COc1ccc(C2(C(=O)Nc3ccc(N(C)C)cc3)CC2)cc1. The number of carbonyl (C=O) groups is 1. The normalized spacial score (nSPS) is 14.9. The molecule has 4 heteroatoms. The van der Waals surface area contributed by atoms with Crippen LogP contribution in [0.1, 0.15) is 18.4 Å². The molecule has 1 fully saturated rings. The van der Waals surface area contributed by atoms with Crippen LogP contribution in [0.2, 0.25) is 0 Å². The summed E-state index contributed by atoms with van der Waals surface area (Å²) >= 11 is 0. The third-order valence-electron chi connectivity index (χ3n) is 4.47. The molecule has 0 saturated heterocycles. The fraction of sp³-hybridized carbons (Fsp3) is 0.316. The van der Waals surface area contributed by atoms with Crippen molar-refractivity contribution in [1.82, 2.24) is 0 Å². The van der Waals surface area contributed by atoms with E-state index in [1.807, 2.05) is 67.5 Å². The first-order valence-electron chi connectivity index (χ1n) is 7.78. The predicted molar refractivity (Wildman–Crippen MR) is 93.3 cm³/mol. The summed E-state index contributed by atoms with van der Waals surface area (Å²) in [7, 11) is 5.64. The molecule has 3 rings (SSSR count). The van der Waals surface area contributed by atoms with E-state index in [2.05, 4.69) is 5.32 Å². The molecule has 0 radical (unpaired) electrons. The molecule has 0 spiro atoms. The van der Waals surface area contributed by atoms with Gasteiger partial charge < -0.3 is 15.0 Å². The van der Waals surface area contributed by atoms with Crippen LogP contribution in [0.4, 0.5) is 11.4 Å². The average Bonchev–Trinajstić information content (AvgIpc) is 3.37. The van der Waals surface area contributed by atoms with E-state index in [1.54, 1.807) is 7.11 Å². The second-order valence-corrected chi connectivity index (χ2v) is 6.21. The van der Waals surface area contributed by atoms with Crippen molar-refractivity contribution in [2.75, 3.05) is 31.4 Å². The maximum atomic E-state index is 12.7. The Bertz CT molecular complexity index is 686. The van der Waals surface area contributed by atoms with E-state index < -0.39 is 0 Å². The molecular weight excluding hydrogens is 288 g/mol. The Morgan fingerprint density at radius 3 is 2.13 bits per heavy atom. The quantitative estimate of drug-likeness (QED) is 0.920. The lowest BCUT2D eigenvalue weighted by Crippen LogP contribution is -2.27. The van der Waals surface area contributed by atoms with Crippen LogP contribution in [0.3, 0.4) is 0 Å². The van der Waals surface area contributed by atoms with E-state index >= 15 is 0 Å². The van der Waals surface area contributed by atoms with Crippen molar-refractivity contribution in [3.63, 3.8) is 0 Å². The number of nitrogens with zero attached hydrogens (tertiary/aromatic N) is 1. The van der Waals surface area contributed by atoms with Crippen LogP contribution < -0.4 is 15.0 Å². The summed E-state index contributed by atoms with van der Waals surface area (Å²) in [6, 6.07) is 15.7. The van der Waals surface area contributed by atoms with Gasteiger partial charge in [0.05, 0.1) is 12.5 Å². The molecule has 120 valence electrons. The Kier molecular flexibility index (Phi) is 3.99. The standard InChI is InChI=1S/C19H22N2O2/c1-21(2)16-8-6-15(7-9-16)20-18(22)19(12-13-19)14-4-10-17(23-3)11-5-14/h4-11H,12-13H2,1-3H3,(H,20,22). The van der Waals surface area contributed by atoms with Gasteiger partial charge in [0.2, 0.25) is 5.91 Å². The molecule has 2 aromatic carbocycles. The average molecular weight is 310 g/mol. The number of nitrogens with one attached hydrogen (secondary N) is 1. The van der Waals surface area contributed by atoms with E-state index in [-0.39, 0.29) is 11.3 Å². The number of carbonyl (C=O) groups excluding carboxylic acids is 1. The summed E-state index contributed by atoms with van der Waals surface area (Å²) in [5, 5.41) is 3.05. The number of benzene rings is 2. The van der Waals surface area contributed by atoms with Crippen LogP contribution in [0.5, 0.6) is 5.75 Å². The first kappa shape index (κ1) is 15.4. The Balaban J connectivity index is 1.74. The first-order chi connectivity index (χ1) is 11.0. The van der Waals surface area contributed by atoms with Crippen LogP contribution in [0.15, 0.2) is 48.5 Å². The lowest BCUT2D eigenvalue weighted by molar-refractivity contribution is -0.118. The zero-order chi connectivity index (χ0) is 16.4. The number of ether oxygens (including phenoxy) is 1. The number of anilines is 2. The molecule has 1 amide bonds. The van der Waals surface area contributed by atoms with E-state index in [0.717, 1.165) is 35.5 Å². The Morgan fingerprint density at radius 2 is 1.65 bits per heavy atom. The minimum absolute atomic E-state index is 0.0697. The highest BCUT2D eigenvalue weighted by molar-refractivity contribution is 6.01. The van der Waals surface area contributed by atoms with Crippen LogP contribution in [0.25, 0.3) is 0 Å². The maximum Gasteiger partial charge on any atom is 0.235 e. The van der Waals surface area contributed by atoms with Crippen LogP contribution in [-0.2, 0) is 10.2 Å². The molecule has 0 heterocycles. The summed E-state index contributed by atoms with van der Waals surface area (Å²) in [6.07, 6.45) is 1.78. The summed E-state index contributed by atoms with van der Waals surface area (Å²) in [5.41, 5.74) is 2.62. The van der Waals surface area contributed by atoms with Gasteiger partial charge >= 0.3 is 0 Å². The van der Waals surface area contributed by atoms with Gasteiger partial charge in [-0.2, -0.15) is 0 Å². The molecule has 2 aromatic rings. The number of hydrogen-bond acceptors (Lipinski definition) is 3. The zero-order valence-electron chi connectivity index (χ0n) is 13.8. The van der Waals surface area contributed by atoms with Crippen molar-refractivity contribution < 1.29 is 9.53 Å². The van der Waals surface area contributed by atoms with Crippen molar-refractivity contribution in [3.8, 4) is 5.75 Å². The third kappa shape index (κ3) is 3.02. The van der Waals surface area contributed by atoms with Gasteiger partial charge in [0.1, 0.15) is 5.75 Å². The molecule has 0 atom stereocenters. The van der Waals surface area contributed by atoms with E-state index in [1.165, 1.54) is 0 Å². The summed E-state index contributed by atoms with van der Waals surface area (Å²) in [6.45, 7) is 0. The minimum Gasteiger partial charge on any atom is -0.497 e. The second kappa shape index (κ2) is 5.95. The molecule has 0 aromatic heterocycles. The molecule has 1 N–H and O–H groups in total. The smallest absolute Gasteiger partial charge is 0.235 e. The first-order valence-corrected chi connectivity index (χ1v) is 7.78. The molecule has 1 aliphatic carbocycles. The molecule has 1 aliphatic rings. The summed E-state index contributed by atoms with van der Waals surface area (Å²) in [4.78, 5) is 14.8. The fourth-order valence-corrected chi connectivity index (χ4v) is 2.78. The Labute approximate surface area is 137 Å². The number of hydrogen-bond donors (Lipinski definition) is 1. The van der Waals surface area contributed by atoms with Crippen LogP contribution in [0, 0.1) is 0 Å². The van der Waals surface area contributed by atoms with Gasteiger partial charge in [0.15, 0.2) is 0 Å². The number of methoxy groups -OCH3 is 1. The van der Waals surface area contributed by atoms with Gasteiger partial charge in [0.25, 0.3) is 0 Å². The summed E-state index contributed by atoms with van der Waals surface area (Å²) in [5.74, 6) is 0.879. The van der Waals surface area contributed by atoms with Crippen LogP contribution in [-0.4, -0.2) is 27.1 Å². The van der Waals surface area contributed by atoms with E-state index in [0.29, 0.717) is 0 Å². The molecule has 0 bridgehead atoms. The molecule has 4 nitrogen and oxygen atoms in total. The predicted octanol–water partition coefficient (Wildman–Crippen LogP) is 3.43. The lowest BCUT2D eigenvalue weighted by atomic mass is 9.95. The minimum atomic E-state index is -0.382. The third-order valence-corrected chi connectivity index (χ3v) is 4.47. The van der Waals surface area contributed by atoms with Gasteiger partial charge in [-0.25, -0.2) is 0 Å². The monoisotopic (exact) mass is 310 g/mol. The van der Waals surface area contributed by atoms with Gasteiger partial charge in [-0.15, -0.1) is 0 Å². The highest BCUT2D eigenvalue weighted by Gasteiger charge is 2.51. The van der Waals surface area contributed by atoms with Gasteiger partial charge in [0, 0.05) is 25.5 Å². The Hall–Kier alpha value is -2.49. The molecule has 0 aliphatic heterocycles. The van der Waals surface area contributed by atoms with Gasteiger partial charge in [-0.3, -0.25) is 4.79 Å². The number of amides is 1.